The number of morpholine rings is 1. The minimum atomic E-state index is 0.143. The molecule has 4 heteroatoms. The summed E-state index contributed by atoms with van der Waals surface area (Å²) in [6, 6.07) is 0. The van der Waals surface area contributed by atoms with Crippen LogP contribution in [0.5, 0.6) is 0 Å². The van der Waals surface area contributed by atoms with Gasteiger partial charge in [-0.25, -0.2) is 0 Å². The molecule has 0 bridgehead atoms. The molecule has 2 saturated heterocycles. The molecule has 0 aliphatic carbocycles. The van der Waals surface area contributed by atoms with E-state index < -0.39 is 0 Å². The average Bonchev–Trinajstić information content (AvgIpc) is 2.05. The molecule has 0 aromatic rings. The van der Waals surface area contributed by atoms with Gasteiger partial charge in [0.2, 0.25) is 0 Å². The van der Waals surface area contributed by atoms with Gasteiger partial charge in [0, 0.05) is 19.6 Å². The van der Waals surface area contributed by atoms with Crippen LogP contribution in [0.25, 0.3) is 0 Å². The smallest absolute Gasteiger partial charge is 0.0803 e. The van der Waals surface area contributed by atoms with Crippen molar-refractivity contribution in [3.63, 3.8) is 0 Å². The van der Waals surface area contributed by atoms with Gasteiger partial charge in [-0.15, -0.1) is 0 Å². The number of nitrogens with two attached hydrogens (primary N) is 1. The van der Waals surface area contributed by atoms with Gasteiger partial charge in [-0.2, -0.15) is 0 Å². The zero-order chi connectivity index (χ0) is 8.44. The summed E-state index contributed by atoms with van der Waals surface area (Å²) in [6.07, 6.45) is 0. The van der Waals surface area contributed by atoms with E-state index in [2.05, 4.69) is 4.90 Å². The zero-order valence-electron chi connectivity index (χ0n) is 7.29. The SMILES string of the molecule is NCC1(N2CCOCC2)COC1. The molecule has 70 valence electrons. The van der Waals surface area contributed by atoms with Crippen molar-refractivity contribution in [2.24, 2.45) is 5.73 Å². The molecule has 0 aromatic carbocycles. The fraction of sp³-hybridized carbons (Fsp3) is 1.00. The number of hydrogen-bond donors (Lipinski definition) is 1. The van der Waals surface area contributed by atoms with Gasteiger partial charge in [0.1, 0.15) is 0 Å². The van der Waals surface area contributed by atoms with Gasteiger partial charge in [0.15, 0.2) is 0 Å². The largest absolute Gasteiger partial charge is 0.379 e. The van der Waals surface area contributed by atoms with Gasteiger partial charge in [-0.3, -0.25) is 4.90 Å². The molecule has 0 atom stereocenters. The first kappa shape index (κ1) is 8.44. The highest BCUT2D eigenvalue weighted by molar-refractivity contribution is 4.98. The molecule has 0 spiro atoms. The Labute approximate surface area is 72.6 Å². The van der Waals surface area contributed by atoms with Gasteiger partial charge < -0.3 is 15.2 Å². The van der Waals surface area contributed by atoms with E-state index in [4.69, 9.17) is 15.2 Å². The normalized spacial score (nSPS) is 29.8. The molecule has 0 unspecified atom stereocenters. The highest BCUT2D eigenvalue weighted by atomic mass is 16.5. The second-order valence-electron chi connectivity index (χ2n) is 3.52. The Kier molecular flexibility index (Phi) is 2.32. The standard InChI is InChI=1S/C8H16N2O2/c9-5-8(6-12-7-8)10-1-3-11-4-2-10/h1-7,9H2. The van der Waals surface area contributed by atoms with Crippen LogP contribution in [0.3, 0.4) is 0 Å². The van der Waals surface area contributed by atoms with E-state index in [0.29, 0.717) is 6.54 Å². The maximum atomic E-state index is 5.74. The van der Waals surface area contributed by atoms with Crippen LogP contribution in [0, 0.1) is 0 Å². The summed E-state index contributed by atoms with van der Waals surface area (Å²) in [5.41, 5.74) is 5.88. The van der Waals surface area contributed by atoms with Crippen LogP contribution >= 0.6 is 0 Å². The van der Waals surface area contributed by atoms with Crippen LogP contribution < -0.4 is 5.73 Å². The molecule has 12 heavy (non-hydrogen) atoms. The first-order chi connectivity index (χ1) is 5.87. The predicted octanol–water partition coefficient (Wildman–Crippen LogP) is -0.954. The molecule has 0 amide bonds. The van der Waals surface area contributed by atoms with Crippen molar-refractivity contribution < 1.29 is 9.47 Å². The Morgan fingerprint density at radius 1 is 1.17 bits per heavy atom. The first-order valence-corrected chi connectivity index (χ1v) is 4.48. The fourth-order valence-electron chi connectivity index (χ4n) is 1.80. The van der Waals surface area contributed by atoms with E-state index in [9.17, 15) is 0 Å². The number of nitrogens with zero attached hydrogens (tertiary/aromatic N) is 1. The predicted molar refractivity (Wildman–Crippen MR) is 45.0 cm³/mol. The van der Waals surface area contributed by atoms with Crippen LogP contribution in [0.15, 0.2) is 0 Å². The number of hydrogen-bond acceptors (Lipinski definition) is 4. The molecule has 0 saturated carbocycles. The summed E-state index contributed by atoms with van der Waals surface area (Å²) in [7, 11) is 0. The minimum absolute atomic E-state index is 0.143. The van der Waals surface area contributed by atoms with Crippen LogP contribution in [-0.4, -0.2) is 56.5 Å². The van der Waals surface area contributed by atoms with E-state index in [1.165, 1.54) is 0 Å². The van der Waals surface area contributed by atoms with Gasteiger partial charge in [0.05, 0.1) is 32.0 Å². The van der Waals surface area contributed by atoms with Crippen molar-refractivity contribution in [3.05, 3.63) is 0 Å². The molecule has 2 N–H and O–H groups in total. The summed E-state index contributed by atoms with van der Waals surface area (Å²) in [5, 5.41) is 0. The third-order valence-electron chi connectivity index (χ3n) is 2.80. The maximum Gasteiger partial charge on any atom is 0.0803 e. The third-order valence-corrected chi connectivity index (χ3v) is 2.80. The topological polar surface area (TPSA) is 47.7 Å². The van der Waals surface area contributed by atoms with Crippen molar-refractivity contribution in [3.8, 4) is 0 Å². The molecule has 2 rings (SSSR count). The van der Waals surface area contributed by atoms with Crippen LogP contribution in [0.2, 0.25) is 0 Å². The number of rotatable bonds is 2. The molecule has 2 aliphatic heterocycles. The third kappa shape index (κ3) is 1.25. The lowest BCUT2D eigenvalue weighted by Gasteiger charge is -2.50. The molecular weight excluding hydrogens is 156 g/mol. The summed E-state index contributed by atoms with van der Waals surface area (Å²) < 4.78 is 10.5. The summed E-state index contributed by atoms with van der Waals surface area (Å²) in [6.45, 7) is 5.96. The van der Waals surface area contributed by atoms with Crippen LogP contribution in [0.1, 0.15) is 0 Å². The van der Waals surface area contributed by atoms with E-state index in [1.807, 2.05) is 0 Å². The van der Waals surface area contributed by atoms with Gasteiger partial charge in [-0.05, 0) is 0 Å². The maximum absolute atomic E-state index is 5.74. The second-order valence-corrected chi connectivity index (χ2v) is 3.52. The Morgan fingerprint density at radius 3 is 2.25 bits per heavy atom. The van der Waals surface area contributed by atoms with Crippen molar-refractivity contribution in [1.29, 1.82) is 0 Å². The Balaban J connectivity index is 1.95. The van der Waals surface area contributed by atoms with E-state index >= 15 is 0 Å². The molecular formula is C8H16N2O2. The van der Waals surface area contributed by atoms with E-state index in [1.54, 1.807) is 0 Å². The Morgan fingerprint density at radius 2 is 1.83 bits per heavy atom. The van der Waals surface area contributed by atoms with Crippen molar-refractivity contribution in [2.75, 3.05) is 46.1 Å². The van der Waals surface area contributed by atoms with Crippen molar-refractivity contribution in [2.45, 2.75) is 5.54 Å². The molecule has 0 aromatic heterocycles. The van der Waals surface area contributed by atoms with Crippen LogP contribution in [0.4, 0.5) is 0 Å². The lowest BCUT2D eigenvalue weighted by molar-refractivity contribution is -0.155. The van der Waals surface area contributed by atoms with Crippen molar-refractivity contribution >= 4 is 0 Å². The Hall–Kier alpha value is -0.160. The van der Waals surface area contributed by atoms with Crippen LogP contribution in [-0.2, 0) is 9.47 Å². The second kappa shape index (κ2) is 3.30. The quantitative estimate of drug-likeness (QED) is 0.583. The molecule has 4 nitrogen and oxygen atoms in total. The summed E-state index contributed by atoms with van der Waals surface area (Å²) >= 11 is 0. The molecule has 2 heterocycles. The molecule has 0 radical (unpaired) electrons. The lowest BCUT2D eigenvalue weighted by Crippen LogP contribution is -2.68. The fourth-order valence-corrected chi connectivity index (χ4v) is 1.80. The highest BCUT2D eigenvalue weighted by Gasteiger charge is 2.43. The van der Waals surface area contributed by atoms with Gasteiger partial charge >= 0.3 is 0 Å². The van der Waals surface area contributed by atoms with E-state index in [0.717, 1.165) is 39.5 Å². The minimum Gasteiger partial charge on any atom is -0.379 e. The molecule has 2 fully saturated rings. The summed E-state index contributed by atoms with van der Waals surface area (Å²) in [4.78, 5) is 2.40. The Bertz CT molecular complexity index is 148. The van der Waals surface area contributed by atoms with E-state index in [-0.39, 0.29) is 5.54 Å². The average molecular weight is 172 g/mol. The number of ether oxygens (including phenoxy) is 2. The highest BCUT2D eigenvalue weighted by Crippen LogP contribution is 2.24. The molecule has 2 aliphatic rings. The first-order valence-electron chi connectivity index (χ1n) is 4.48. The van der Waals surface area contributed by atoms with Gasteiger partial charge in [-0.1, -0.05) is 0 Å². The van der Waals surface area contributed by atoms with Gasteiger partial charge in [0.25, 0.3) is 0 Å². The summed E-state index contributed by atoms with van der Waals surface area (Å²) in [5.74, 6) is 0. The van der Waals surface area contributed by atoms with Crippen molar-refractivity contribution in [1.82, 2.24) is 4.90 Å². The lowest BCUT2D eigenvalue weighted by atomic mass is 9.94. The zero-order valence-corrected chi connectivity index (χ0v) is 7.29. The monoisotopic (exact) mass is 172 g/mol.